The Balaban J connectivity index is -0.000000223. The molecular weight excluding hydrogens is 1550 g/mol. The highest BCUT2D eigenvalue weighted by molar-refractivity contribution is 5.78. The highest BCUT2D eigenvalue weighted by atomic mass is 16.5. The summed E-state index contributed by atoms with van der Waals surface area (Å²) in [6, 6.07) is 0.296. The lowest BCUT2D eigenvalue weighted by Gasteiger charge is -2.21. The lowest BCUT2D eigenvalue weighted by Crippen LogP contribution is -2.35. The zero-order chi connectivity index (χ0) is 89.5. The molecule has 5 aromatic heterocycles. The maximum absolute atomic E-state index is 11.1. The first-order valence-corrected chi connectivity index (χ1v) is 38.2. The van der Waals surface area contributed by atoms with Gasteiger partial charge in [0.1, 0.15) is 6.33 Å². The quantitative estimate of drug-likeness (QED) is 0.0153. The van der Waals surface area contributed by atoms with Crippen molar-refractivity contribution in [2.75, 3.05) is 166 Å². The summed E-state index contributed by atoms with van der Waals surface area (Å²) in [6.45, 7) is 32.8. The molecule has 5 aliphatic heterocycles. The summed E-state index contributed by atoms with van der Waals surface area (Å²) in [5, 5.41) is 71.9. The number of amides is 11. The monoisotopic (exact) mass is 1690 g/mol. The molecule has 10 rings (SSSR count). The van der Waals surface area contributed by atoms with Gasteiger partial charge in [0, 0.05) is 158 Å². The van der Waals surface area contributed by atoms with Crippen molar-refractivity contribution in [3.8, 4) is 0 Å². The second-order valence-electron chi connectivity index (χ2n) is 24.4. The zero-order valence-electron chi connectivity index (χ0n) is 71.2. The number of aliphatic hydroxyl groups is 1. The minimum atomic E-state index is -0.519. The molecule has 3 atom stereocenters. The van der Waals surface area contributed by atoms with Crippen LogP contribution in [0.2, 0.25) is 0 Å². The second-order valence-corrected chi connectivity index (χ2v) is 24.4. The van der Waals surface area contributed by atoms with Crippen LogP contribution in [-0.2, 0) is 83.5 Å². The van der Waals surface area contributed by atoms with E-state index in [2.05, 4.69) is 168 Å². The number of methoxy groups -OCH3 is 3. The molecule has 0 spiro atoms. The number of β-amino-alcohol motifs (C(OH)–C–C–N with tert-alkyl or cyclic N) is 1. The Hall–Kier alpha value is -10.8. The van der Waals surface area contributed by atoms with Crippen LogP contribution in [0, 0.1) is 23.7 Å². The number of ether oxygens (including phenoxy) is 5. The summed E-state index contributed by atoms with van der Waals surface area (Å²) in [5.41, 5.74) is 0. The molecule has 14 N–H and O–H groups in total. The van der Waals surface area contributed by atoms with Gasteiger partial charge in [0.05, 0.1) is 45.2 Å². The Bertz CT molecular complexity index is 2700. The normalized spacial score (nSPS) is 13.7. The number of hydrogen-bond donors (Lipinski definition) is 14. The van der Waals surface area contributed by atoms with E-state index in [1.807, 2.05) is 30.8 Å². The van der Waals surface area contributed by atoms with Crippen molar-refractivity contribution in [2.24, 2.45) is 30.7 Å². The van der Waals surface area contributed by atoms with E-state index in [-0.39, 0.29) is 18.1 Å². The van der Waals surface area contributed by atoms with E-state index in [1.165, 1.54) is 56.1 Å². The second kappa shape index (κ2) is 106. The van der Waals surface area contributed by atoms with Gasteiger partial charge in [-0.2, -0.15) is 5.21 Å². The first-order chi connectivity index (χ1) is 57.2. The molecule has 5 aliphatic rings. The summed E-state index contributed by atoms with van der Waals surface area (Å²) in [4.78, 5) is 129. The van der Waals surface area contributed by atoms with Crippen molar-refractivity contribution in [3.63, 3.8) is 0 Å². The van der Waals surface area contributed by atoms with Gasteiger partial charge >= 0.3 is 5.76 Å². The van der Waals surface area contributed by atoms with Gasteiger partial charge in [-0.25, -0.2) is 14.6 Å². The number of carbonyl (C=O) groups excluding carboxylic acids is 11. The van der Waals surface area contributed by atoms with E-state index in [1.54, 1.807) is 65.1 Å². The number of aromatic nitrogens is 14. The number of tetrazole rings is 2. The van der Waals surface area contributed by atoms with Crippen molar-refractivity contribution < 1.29 is 90.4 Å². The van der Waals surface area contributed by atoms with Gasteiger partial charge in [0.15, 0.2) is 6.33 Å². The third kappa shape index (κ3) is 109. The van der Waals surface area contributed by atoms with Gasteiger partial charge in [0.25, 0.3) is 0 Å². The number of carbonyl (C=O) groups is 11. The topological polar surface area (TPSA) is 615 Å². The number of aryl methyl sites for hydroxylation is 1. The van der Waals surface area contributed by atoms with E-state index in [0.29, 0.717) is 114 Å². The average molecular weight is 1690 g/mol. The lowest BCUT2D eigenvalue weighted by molar-refractivity contribution is -0.128. The molecular formula is C71H139N27O20. The number of aromatic amines is 2. The predicted octanol–water partition coefficient (Wildman–Crippen LogP) is -2.76. The van der Waals surface area contributed by atoms with Crippen LogP contribution in [0.25, 0.3) is 0 Å². The van der Waals surface area contributed by atoms with Gasteiger partial charge in [-0.15, -0.1) is 30.6 Å². The molecule has 0 aromatic carbocycles. The van der Waals surface area contributed by atoms with Gasteiger partial charge < -0.3 is 106 Å². The Kier molecular flexibility index (Phi) is 108. The average Bonchev–Trinajstić information content (AvgIpc) is 1.81. The fourth-order valence-electron chi connectivity index (χ4n) is 7.32. The molecule has 3 unspecified atom stereocenters. The maximum atomic E-state index is 11.1. The van der Waals surface area contributed by atoms with Crippen molar-refractivity contribution in [3.05, 3.63) is 67.2 Å². The Morgan fingerprint density at radius 2 is 1.20 bits per heavy atom. The van der Waals surface area contributed by atoms with Crippen LogP contribution in [0.1, 0.15) is 113 Å². The summed E-state index contributed by atoms with van der Waals surface area (Å²) < 4.78 is 34.4. The van der Waals surface area contributed by atoms with Crippen LogP contribution in [-0.4, -0.2) is 341 Å². The highest BCUT2D eigenvalue weighted by Crippen LogP contribution is 2.13. The van der Waals surface area contributed by atoms with Crippen LogP contribution in [0.5, 0.6) is 0 Å². The van der Waals surface area contributed by atoms with Gasteiger partial charge in [0.2, 0.25) is 89.2 Å². The fourth-order valence-corrected chi connectivity index (χ4v) is 7.32. The van der Waals surface area contributed by atoms with Crippen LogP contribution in [0.15, 0.2) is 70.3 Å². The minimum absolute atomic E-state index is 0.0347. The molecule has 11 amide bonds. The predicted molar refractivity (Wildman–Crippen MR) is 436 cm³/mol. The largest absolute Gasteiger partial charge is 0.434 e. The highest BCUT2D eigenvalue weighted by Gasteiger charge is 2.19. The molecule has 47 nitrogen and oxygen atoms in total. The molecule has 118 heavy (non-hydrogen) atoms. The summed E-state index contributed by atoms with van der Waals surface area (Å²) >= 11 is 0. The van der Waals surface area contributed by atoms with E-state index in [9.17, 15) is 52.7 Å². The number of morpholine rings is 1. The molecule has 5 fully saturated rings. The van der Waals surface area contributed by atoms with Crippen LogP contribution in [0.4, 0.5) is 0 Å². The number of aliphatic hydroxyl groups excluding tert-OH is 1. The molecule has 0 bridgehead atoms. The first-order valence-electron chi connectivity index (χ1n) is 38.2. The molecule has 0 saturated carbocycles. The molecule has 5 saturated heterocycles. The first kappa shape index (κ1) is 120. The Morgan fingerprint density at radius 1 is 0.627 bits per heavy atom. The van der Waals surface area contributed by atoms with Crippen molar-refractivity contribution in [1.29, 1.82) is 0 Å². The Morgan fingerprint density at radius 3 is 1.49 bits per heavy atom. The molecule has 0 aliphatic carbocycles. The Labute approximate surface area is 692 Å². The third-order valence-electron chi connectivity index (χ3n) is 14.1. The van der Waals surface area contributed by atoms with Crippen LogP contribution < -0.4 is 64.2 Å². The SMILES string of the molecule is C1CCNC1.CC(C)C(C)CNC=O.CC(C)CNC=O.CCC(C)NC=O.CCNC=O.CNC=O.COCC(COC)NC=O.COCCNC=O.Cn1cnnn1.O=CN1CCOCC1.O=CNCC1CCOCC1.O=CNCCCN1CCCC1=O.O=c1[nH]nco1.OC1CCNC1.c1cnccn1.c1nn[nH]n1.c1nnco1. The number of hydrogen-bond acceptors (Lipinski definition) is 33. The number of rotatable bonds is 32. The molecule has 678 valence electrons. The maximum Gasteiger partial charge on any atom is 0.434 e. The van der Waals surface area contributed by atoms with Crippen molar-refractivity contribution in [1.82, 2.24) is 139 Å². The summed E-state index contributed by atoms with van der Waals surface area (Å²) in [6.07, 6.45) is 29.4. The standard InChI is InChI=1S/C8H14N2O2.C7H13NO2.C7H15NO.C6H13NO3.C5H9NO2.2C5H11NO.C4H4N2.C4H9NO2.C4H9NO.C4H9N.C3H7NO.C2H4N4.C2H2N2O2.C2H2N2O.C2H5NO.CH2N4/c11-7-9-4-2-6-10-5-1-3-8(10)12;9-6-8-5-7-1-3-10-4-2-7;1-6(2)7(3)4-8-5-9;1-9-3-6(4-10-2)7-5-8;7-5-6-1-3-8-4-2-6;1-5(2)3-6-4-7;1-3-5(2)6-4-7;1-2-6-4-3-5-1;1-7-3-2-5-4-6;6-4-1-2-5-3-4;1-2-4-5-3-1;1-2-4-3-5;1-6-2-3-4-5-6;5-2-4-3-1-6-2;1-3-4-2-5-1;1-3-2-4;1-2-4-5-3-1/h7H,1-6H2,(H,9,11);6-7H,1-5H2,(H,8,9);5-7H,4H2,1-3H3,(H,8,9);5-6H,3-4H2,1-2H3,(H,7,8);5H,1-4H2;2*4-5H,3H2,1-2H3,(H,6,7);1-4H;4H,2-3H2,1H3,(H,5,6);4-6H,1-3H2;5H,1-4H2;3H,2H2,1H3,(H,4,5);2H,1H3;1H,(H,4,5);1-2H;2H,1H3,(H,3,4);1H,(H,2,3,4,5). The van der Waals surface area contributed by atoms with E-state index >= 15 is 0 Å². The number of likely N-dealkylation sites (tertiary alicyclic amines) is 1. The van der Waals surface area contributed by atoms with E-state index in [0.717, 1.165) is 156 Å². The van der Waals surface area contributed by atoms with Crippen molar-refractivity contribution >= 4 is 70.0 Å². The summed E-state index contributed by atoms with van der Waals surface area (Å²) in [7, 11) is 8.07. The number of nitrogens with one attached hydrogen (secondary N) is 13. The van der Waals surface area contributed by atoms with Gasteiger partial charge in [-0.05, 0) is 119 Å². The third-order valence-corrected chi connectivity index (χ3v) is 14.1. The molecule has 5 aromatic rings. The van der Waals surface area contributed by atoms with Crippen molar-refractivity contribution in [2.45, 2.75) is 131 Å². The molecule has 47 heteroatoms. The minimum Gasteiger partial charge on any atom is -0.431 e. The van der Waals surface area contributed by atoms with Gasteiger partial charge in [-0.1, -0.05) is 46.8 Å². The van der Waals surface area contributed by atoms with E-state index in [4.69, 9.17) is 28.8 Å². The smallest absolute Gasteiger partial charge is 0.431 e. The number of H-pyrrole nitrogens is 2. The molecule has 10 heterocycles. The molecule has 0 radical (unpaired) electrons. The number of nitrogens with zero attached hydrogens (tertiary/aromatic N) is 14. The lowest BCUT2D eigenvalue weighted by atomic mass is 9.98. The summed E-state index contributed by atoms with van der Waals surface area (Å²) in [5.74, 6) is 2.16. The van der Waals surface area contributed by atoms with Gasteiger partial charge in [-0.3, -0.25) is 62.7 Å². The van der Waals surface area contributed by atoms with Crippen LogP contribution >= 0.6 is 0 Å². The zero-order valence-corrected chi connectivity index (χ0v) is 71.2. The fraction of sp³-hybridized carbons (Fsp3) is 0.704. The van der Waals surface area contributed by atoms with E-state index < -0.39 is 5.76 Å². The van der Waals surface area contributed by atoms with Crippen LogP contribution in [0.3, 0.4) is 0 Å².